The molecule has 0 aliphatic rings. The maximum Gasteiger partial charge on any atom is 0.310 e. The number of carbonyl (C=O) groups excluding carboxylic acids is 2. The largest absolute Gasteiger partial charge is 0.455 e. The minimum Gasteiger partial charge on any atom is -0.455 e. The zero-order valence-electron chi connectivity index (χ0n) is 14.1. The highest BCUT2D eigenvalue weighted by Gasteiger charge is 2.15. The summed E-state index contributed by atoms with van der Waals surface area (Å²) in [5, 5.41) is 0.819. The van der Waals surface area contributed by atoms with E-state index in [1.807, 2.05) is 24.3 Å². The predicted molar refractivity (Wildman–Crippen MR) is 97.2 cm³/mol. The quantitative estimate of drug-likeness (QED) is 0.624. The van der Waals surface area contributed by atoms with E-state index in [2.05, 4.69) is 4.98 Å². The van der Waals surface area contributed by atoms with Gasteiger partial charge in [-0.05, 0) is 29.8 Å². The first kappa shape index (κ1) is 18.0. The van der Waals surface area contributed by atoms with Gasteiger partial charge in [0.1, 0.15) is 10.8 Å². The number of halogens is 1. The standard InChI is InChI=1S/C19H17FN2O3S/c1-22(11-17-21-15-4-2-3-5-16(15)26-17)18(23)12-25-19(24)10-13-6-8-14(20)9-7-13/h2-9H,10-12H2,1H3. The molecule has 2 aromatic carbocycles. The van der Waals surface area contributed by atoms with Crippen molar-refractivity contribution < 1.29 is 18.7 Å². The summed E-state index contributed by atoms with van der Waals surface area (Å²) in [5.41, 5.74) is 1.53. The number of hydrogen-bond donors (Lipinski definition) is 0. The molecule has 5 nitrogen and oxygen atoms in total. The smallest absolute Gasteiger partial charge is 0.310 e. The van der Waals surface area contributed by atoms with Crippen molar-refractivity contribution in [2.45, 2.75) is 13.0 Å². The molecule has 1 heterocycles. The van der Waals surface area contributed by atoms with E-state index in [-0.39, 0.29) is 24.8 Å². The summed E-state index contributed by atoms with van der Waals surface area (Å²) in [4.78, 5) is 29.9. The maximum atomic E-state index is 12.8. The van der Waals surface area contributed by atoms with Gasteiger partial charge in [-0.1, -0.05) is 24.3 Å². The Balaban J connectivity index is 1.49. The lowest BCUT2D eigenvalue weighted by Crippen LogP contribution is -2.31. The Hall–Kier alpha value is -2.80. The van der Waals surface area contributed by atoms with Gasteiger partial charge in [-0.2, -0.15) is 0 Å². The number of rotatable bonds is 6. The summed E-state index contributed by atoms with van der Waals surface area (Å²) < 4.78 is 18.9. The second-order valence-electron chi connectivity index (χ2n) is 5.79. The van der Waals surface area contributed by atoms with Crippen LogP contribution in [0.4, 0.5) is 4.39 Å². The first-order chi connectivity index (χ1) is 12.5. The van der Waals surface area contributed by atoms with Crippen LogP contribution in [0.5, 0.6) is 0 Å². The fourth-order valence-corrected chi connectivity index (χ4v) is 3.37. The molecule has 0 N–H and O–H groups in total. The van der Waals surface area contributed by atoms with E-state index in [1.54, 1.807) is 7.05 Å². The number of carbonyl (C=O) groups is 2. The van der Waals surface area contributed by atoms with Crippen LogP contribution in [-0.4, -0.2) is 35.4 Å². The molecule has 0 atom stereocenters. The number of fused-ring (bicyclic) bond motifs is 1. The molecule has 0 radical (unpaired) electrons. The van der Waals surface area contributed by atoms with Gasteiger partial charge in [0, 0.05) is 7.05 Å². The van der Waals surface area contributed by atoms with Gasteiger partial charge in [0.2, 0.25) is 0 Å². The molecule has 0 unspecified atom stereocenters. The summed E-state index contributed by atoms with van der Waals surface area (Å²) in [6.45, 7) is 0.0229. The van der Waals surface area contributed by atoms with E-state index in [9.17, 15) is 14.0 Å². The number of esters is 1. The van der Waals surface area contributed by atoms with Crippen LogP contribution in [0.25, 0.3) is 10.2 Å². The molecule has 134 valence electrons. The summed E-state index contributed by atoms with van der Waals surface area (Å²) in [5.74, 6) is -1.20. The van der Waals surface area contributed by atoms with Crippen LogP contribution in [0.1, 0.15) is 10.6 Å². The molecule has 3 rings (SSSR count). The van der Waals surface area contributed by atoms with E-state index in [4.69, 9.17) is 4.74 Å². The average molecular weight is 372 g/mol. The Morgan fingerprint density at radius 1 is 1.15 bits per heavy atom. The van der Waals surface area contributed by atoms with E-state index in [0.717, 1.165) is 15.2 Å². The number of para-hydroxylation sites is 1. The number of thiazole rings is 1. The highest BCUT2D eigenvalue weighted by atomic mass is 32.1. The van der Waals surface area contributed by atoms with Crippen LogP contribution < -0.4 is 0 Å². The van der Waals surface area contributed by atoms with Crippen LogP contribution in [0.2, 0.25) is 0 Å². The van der Waals surface area contributed by atoms with Gasteiger partial charge in [-0.25, -0.2) is 9.37 Å². The van der Waals surface area contributed by atoms with Crippen molar-refractivity contribution in [3.63, 3.8) is 0 Å². The van der Waals surface area contributed by atoms with Crippen LogP contribution in [-0.2, 0) is 27.3 Å². The third-order valence-corrected chi connectivity index (χ3v) is 4.78. The molecule has 0 fully saturated rings. The number of likely N-dealkylation sites (N-methyl/N-ethyl adjacent to an activating group) is 1. The van der Waals surface area contributed by atoms with Gasteiger partial charge in [-0.3, -0.25) is 9.59 Å². The van der Waals surface area contributed by atoms with Crippen molar-refractivity contribution in [1.82, 2.24) is 9.88 Å². The zero-order valence-corrected chi connectivity index (χ0v) is 15.0. The van der Waals surface area contributed by atoms with Gasteiger partial charge in [0.05, 0.1) is 23.2 Å². The fourth-order valence-electron chi connectivity index (χ4n) is 2.35. The van der Waals surface area contributed by atoms with Crippen molar-refractivity contribution in [1.29, 1.82) is 0 Å². The lowest BCUT2D eigenvalue weighted by atomic mass is 10.1. The number of hydrogen-bond acceptors (Lipinski definition) is 5. The predicted octanol–water partition coefficient (Wildman–Crippen LogP) is 3.18. The van der Waals surface area contributed by atoms with Crippen molar-refractivity contribution in [3.05, 3.63) is 64.9 Å². The number of benzene rings is 2. The monoisotopic (exact) mass is 372 g/mol. The van der Waals surface area contributed by atoms with Gasteiger partial charge in [0.25, 0.3) is 5.91 Å². The number of ether oxygens (including phenoxy) is 1. The summed E-state index contributed by atoms with van der Waals surface area (Å²) in [6, 6.07) is 13.3. The second-order valence-corrected chi connectivity index (χ2v) is 6.90. The molecule has 1 aromatic heterocycles. The van der Waals surface area contributed by atoms with Crippen molar-refractivity contribution in [2.75, 3.05) is 13.7 Å². The van der Waals surface area contributed by atoms with Crippen LogP contribution in [0.15, 0.2) is 48.5 Å². The van der Waals surface area contributed by atoms with Gasteiger partial charge >= 0.3 is 5.97 Å². The summed E-state index contributed by atoms with van der Waals surface area (Å²) in [6.07, 6.45) is -0.00482. The molecule has 0 saturated carbocycles. The Morgan fingerprint density at radius 3 is 2.62 bits per heavy atom. The van der Waals surface area contributed by atoms with Crippen LogP contribution >= 0.6 is 11.3 Å². The molecular formula is C19H17FN2O3S. The van der Waals surface area contributed by atoms with E-state index < -0.39 is 5.97 Å². The molecule has 0 bridgehead atoms. The highest BCUT2D eigenvalue weighted by Crippen LogP contribution is 2.22. The number of nitrogens with zero attached hydrogens (tertiary/aromatic N) is 2. The Bertz CT molecular complexity index is 891. The molecule has 3 aromatic rings. The van der Waals surface area contributed by atoms with E-state index in [1.165, 1.54) is 40.5 Å². The fraction of sp³-hybridized carbons (Fsp3) is 0.211. The van der Waals surface area contributed by atoms with Crippen molar-refractivity contribution in [3.8, 4) is 0 Å². The first-order valence-corrected chi connectivity index (χ1v) is 8.81. The molecule has 0 aliphatic heterocycles. The minimum atomic E-state index is -0.529. The molecule has 0 saturated heterocycles. The van der Waals surface area contributed by atoms with Crippen molar-refractivity contribution in [2.24, 2.45) is 0 Å². The highest BCUT2D eigenvalue weighted by molar-refractivity contribution is 7.18. The normalized spacial score (nSPS) is 10.7. The minimum absolute atomic E-state index is 0.00482. The average Bonchev–Trinajstić information content (AvgIpc) is 3.03. The first-order valence-electron chi connectivity index (χ1n) is 8.00. The van der Waals surface area contributed by atoms with Crippen LogP contribution in [0.3, 0.4) is 0 Å². The SMILES string of the molecule is CN(Cc1nc2ccccc2s1)C(=O)COC(=O)Cc1ccc(F)cc1. The Labute approximate surface area is 154 Å². The topological polar surface area (TPSA) is 59.5 Å². The van der Waals surface area contributed by atoms with Crippen LogP contribution in [0, 0.1) is 5.82 Å². The lowest BCUT2D eigenvalue weighted by molar-refractivity contribution is -0.151. The molecule has 7 heteroatoms. The second kappa shape index (κ2) is 8.05. The lowest BCUT2D eigenvalue weighted by Gasteiger charge is -2.15. The maximum absolute atomic E-state index is 12.8. The van der Waals surface area contributed by atoms with E-state index in [0.29, 0.717) is 12.1 Å². The third-order valence-electron chi connectivity index (χ3n) is 3.75. The van der Waals surface area contributed by atoms with E-state index >= 15 is 0 Å². The van der Waals surface area contributed by atoms with Gasteiger partial charge in [0.15, 0.2) is 6.61 Å². The molecule has 26 heavy (non-hydrogen) atoms. The molecule has 0 aliphatic carbocycles. The van der Waals surface area contributed by atoms with Crippen molar-refractivity contribution >= 4 is 33.4 Å². The number of aromatic nitrogens is 1. The third kappa shape index (κ3) is 4.64. The summed E-state index contributed by atoms with van der Waals surface area (Å²) in [7, 11) is 1.64. The van der Waals surface area contributed by atoms with Gasteiger partial charge in [-0.15, -0.1) is 11.3 Å². The van der Waals surface area contributed by atoms with Gasteiger partial charge < -0.3 is 9.64 Å². The number of amides is 1. The Morgan fingerprint density at radius 2 is 1.88 bits per heavy atom. The molecule has 1 amide bonds. The summed E-state index contributed by atoms with van der Waals surface area (Å²) >= 11 is 1.53. The molecular weight excluding hydrogens is 355 g/mol. The molecule has 0 spiro atoms. The Kier molecular flexibility index (Phi) is 5.58. The zero-order chi connectivity index (χ0) is 18.5.